The molecule has 6 nitrogen and oxygen atoms in total. The Hall–Kier alpha value is -8.26. The van der Waals surface area contributed by atoms with Crippen LogP contribution in [0.4, 0.5) is 0 Å². The van der Waals surface area contributed by atoms with Crippen molar-refractivity contribution in [3.63, 3.8) is 0 Å². The van der Waals surface area contributed by atoms with Crippen molar-refractivity contribution in [3.05, 3.63) is 224 Å². The number of aromatic nitrogens is 2. The lowest BCUT2D eigenvalue weighted by atomic mass is 9.69. The second-order valence-electron chi connectivity index (χ2n) is 32.2. The van der Waals surface area contributed by atoms with Crippen molar-refractivity contribution >= 4 is 34.7 Å². The molecule has 1 atom stereocenters. The number of carbonyl (C=O) groups is 2. The zero-order valence-electron chi connectivity index (χ0n) is 64.9. The predicted molar refractivity (Wildman–Crippen MR) is 447 cm³/mol. The quantitative estimate of drug-likeness (QED) is 0.0376. The van der Waals surface area contributed by atoms with Crippen LogP contribution >= 0.6 is 11.7 Å². The molecule has 1 unspecified atom stereocenters. The molecule has 0 saturated carbocycles. The van der Waals surface area contributed by atoms with Crippen LogP contribution in [-0.4, -0.2) is 30.9 Å². The van der Waals surface area contributed by atoms with E-state index in [-0.39, 0.29) is 17.8 Å². The van der Waals surface area contributed by atoms with E-state index in [2.05, 4.69) is 206 Å². The molecule has 0 fully saturated rings. The molecule has 1 heterocycles. The molecule has 552 valence electrons. The van der Waals surface area contributed by atoms with E-state index in [0.717, 1.165) is 68.0 Å². The van der Waals surface area contributed by atoms with Crippen LogP contribution in [0.2, 0.25) is 0 Å². The Balaban J connectivity index is 0.000000698. The minimum Gasteiger partial charge on any atom is -0.481 e. The van der Waals surface area contributed by atoms with Crippen LogP contribution < -0.4 is 0 Å². The summed E-state index contributed by atoms with van der Waals surface area (Å²) in [4.78, 5) is 21.3. The Bertz CT molecular complexity index is 4650. The van der Waals surface area contributed by atoms with Crippen molar-refractivity contribution in [2.75, 3.05) is 0 Å². The first-order valence-corrected chi connectivity index (χ1v) is 42.2. The van der Waals surface area contributed by atoms with Crippen molar-refractivity contribution < 1.29 is 19.8 Å². The number of aryl methyl sites for hydroxylation is 4. The van der Waals surface area contributed by atoms with Crippen LogP contribution in [0.1, 0.15) is 305 Å². The molecular formula is C99H116N2O4S. The van der Waals surface area contributed by atoms with Gasteiger partial charge in [-0.25, -0.2) is 0 Å². The van der Waals surface area contributed by atoms with Gasteiger partial charge < -0.3 is 10.2 Å². The van der Waals surface area contributed by atoms with Gasteiger partial charge in [-0.15, -0.1) is 0 Å². The summed E-state index contributed by atoms with van der Waals surface area (Å²) in [6, 6.07) is 63.7. The maximum atomic E-state index is 11.1. The van der Waals surface area contributed by atoms with Gasteiger partial charge in [0.1, 0.15) is 11.0 Å². The molecule has 2 N–H and O–H groups in total. The predicted octanol–water partition coefficient (Wildman–Crippen LogP) is 28.7. The molecule has 0 aliphatic heterocycles. The van der Waals surface area contributed by atoms with Crippen molar-refractivity contribution in [2.45, 2.75) is 277 Å². The van der Waals surface area contributed by atoms with Gasteiger partial charge in [-0.05, 0) is 213 Å². The van der Waals surface area contributed by atoms with Gasteiger partial charge >= 0.3 is 11.9 Å². The summed E-state index contributed by atoms with van der Waals surface area (Å²) in [5.74, 6) is -1.05. The maximum Gasteiger partial charge on any atom is 0.303 e. The first-order valence-electron chi connectivity index (χ1n) is 41.5. The van der Waals surface area contributed by atoms with E-state index >= 15 is 0 Å². The van der Waals surface area contributed by atoms with Gasteiger partial charge in [-0.1, -0.05) is 332 Å². The van der Waals surface area contributed by atoms with Crippen LogP contribution in [0.25, 0.3) is 88.9 Å². The Labute approximate surface area is 638 Å². The second kappa shape index (κ2) is 35.2. The largest absolute Gasteiger partial charge is 0.481 e. The number of fused-ring (bicyclic) bond motifs is 17. The van der Waals surface area contributed by atoms with Gasteiger partial charge in [0.05, 0.1) is 17.1 Å². The van der Waals surface area contributed by atoms with Gasteiger partial charge in [0.2, 0.25) is 0 Å². The van der Waals surface area contributed by atoms with Gasteiger partial charge in [-0.3, -0.25) is 9.59 Å². The Morgan fingerprint density at radius 1 is 0.330 bits per heavy atom. The highest BCUT2D eigenvalue weighted by atomic mass is 32.1. The molecule has 0 saturated heterocycles. The molecule has 14 rings (SSSR count). The summed E-state index contributed by atoms with van der Waals surface area (Å²) >= 11 is 1.31. The van der Waals surface area contributed by atoms with Crippen molar-refractivity contribution in [2.24, 2.45) is 0 Å². The minimum absolute atomic E-state index is 0.116. The molecule has 1 spiro atoms. The summed E-state index contributed by atoms with van der Waals surface area (Å²) in [5, 5.41) is 17.5. The SMILES string of the molecule is CCCCCCCCC1(CCCCCCCC)c2cc(-c3ccc4c(c3)C(CCCCCCCCCCC(=O)O)c3cc(-c5ccc(C)c6nsnc56)ccc3-4)ccc2-c2ccc(-c3ccc4c(c3)C3(c5cc(C)ccc5-c5ccc(C)cc53)c3cc(C)ccc3-4)cc21.CCCCCCCCCCC(=O)O. The molecule has 4 aliphatic carbocycles. The van der Waals surface area contributed by atoms with Crippen molar-refractivity contribution in [3.8, 4) is 77.9 Å². The standard InChI is InChI=1S/C88H94N2O2S.C11H22O2/c1-7-9-11-13-21-25-47-87(48-26-22-14-12-10-8-2)78-54-62(61-33-42-68-69-43-37-65(66-41-32-60(6)85-86(66)90-93-89-85)53-77(69)67(76(68)52-61)27-23-19-17-15-16-18-20-24-28-84(91)92)34-44-70(78)71-45-35-63(55-79(71)87)64-36-46-75-74-40-31-59(5)51-82(74)88(83(75)56-64)80-49-57(3)29-38-72(80)73-39-30-58(4)50-81(73)88;1-2-3-4-5-6-7-8-9-10-11(12)13/h29-46,49-56,67H,7-28,47-48H2,1-6H3,(H,91,92);2-10H2,1H3,(H,12,13). The Morgan fingerprint density at radius 2 is 0.651 bits per heavy atom. The lowest BCUT2D eigenvalue weighted by Crippen LogP contribution is -2.26. The molecule has 10 aromatic rings. The molecule has 0 amide bonds. The second-order valence-corrected chi connectivity index (χ2v) is 32.8. The van der Waals surface area contributed by atoms with E-state index in [9.17, 15) is 9.59 Å². The van der Waals surface area contributed by atoms with E-state index in [0.29, 0.717) is 6.42 Å². The zero-order valence-corrected chi connectivity index (χ0v) is 65.8. The number of carboxylic acids is 2. The number of unbranched alkanes of at least 4 members (excludes halogenated alkanes) is 24. The highest BCUT2D eigenvalue weighted by molar-refractivity contribution is 7.00. The highest BCUT2D eigenvalue weighted by Crippen LogP contribution is 2.64. The first kappa shape index (κ1) is 76.0. The number of carboxylic acid groups (broad SMARTS) is 2. The van der Waals surface area contributed by atoms with E-state index in [1.165, 1.54) is 287 Å². The Morgan fingerprint density at radius 3 is 1.08 bits per heavy atom. The summed E-state index contributed by atoms with van der Waals surface area (Å²) in [7, 11) is 0. The number of hydrogen-bond acceptors (Lipinski definition) is 5. The summed E-state index contributed by atoms with van der Waals surface area (Å²) < 4.78 is 9.57. The van der Waals surface area contributed by atoms with E-state index < -0.39 is 17.4 Å². The van der Waals surface area contributed by atoms with Crippen LogP contribution in [0, 0.1) is 27.7 Å². The molecule has 106 heavy (non-hydrogen) atoms. The topological polar surface area (TPSA) is 100 Å². The maximum absolute atomic E-state index is 11.1. The van der Waals surface area contributed by atoms with Gasteiger partial charge in [0, 0.05) is 29.7 Å². The first-order chi connectivity index (χ1) is 51.8. The Kier molecular flexibility index (Phi) is 25.2. The molecule has 0 bridgehead atoms. The van der Waals surface area contributed by atoms with Crippen molar-refractivity contribution in [1.29, 1.82) is 0 Å². The van der Waals surface area contributed by atoms with Crippen LogP contribution in [0.15, 0.2) is 158 Å². The zero-order chi connectivity index (χ0) is 73.7. The number of rotatable bonds is 37. The number of benzene rings is 9. The fourth-order valence-corrected chi connectivity index (χ4v) is 19.6. The van der Waals surface area contributed by atoms with E-state index in [1.54, 1.807) is 11.1 Å². The minimum atomic E-state index is -0.682. The van der Waals surface area contributed by atoms with Crippen LogP contribution in [0.5, 0.6) is 0 Å². The van der Waals surface area contributed by atoms with E-state index in [4.69, 9.17) is 19.0 Å². The molecule has 9 aromatic carbocycles. The lowest BCUT2D eigenvalue weighted by molar-refractivity contribution is -0.138. The van der Waals surface area contributed by atoms with Gasteiger partial charge in [0.15, 0.2) is 0 Å². The highest BCUT2D eigenvalue weighted by Gasteiger charge is 2.52. The van der Waals surface area contributed by atoms with Crippen LogP contribution in [0.3, 0.4) is 0 Å². The smallest absolute Gasteiger partial charge is 0.303 e. The molecule has 1 aromatic heterocycles. The molecular weight excluding hydrogens is 1310 g/mol. The molecule has 7 heteroatoms. The third-order valence-electron chi connectivity index (χ3n) is 24.6. The fourth-order valence-electron chi connectivity index (χ4n) is 19.0. The monoisotopic (exact) mass is 1430 g/mol. The molecule has 4 aliphatic rings. The van der Waals surface area contributed by atoms with Gasteiger partial charge in [0.25, 0.3) is 0 Å². The third kappa shape index (κ3) is 16.0. The number of nitrogens with zero attached hydrogens (tertiary/aromatic N) is 2. The van der Waals surface area contributed by atoms with Gasteiger partial charge in [-0.2, -0.15) is 8.75 Å². The summed E-state index contributed by atoms with van der Waals surface area (Å²) in [5.41, 5.74) is 36.9. The third-order valence-corrected chi connectivity index (χ3v) is 25.2. The van der Waals surface area contributed by atoms with Crippen molar-refractivity contribution in [1.82, 2.24) is 8.75 Å². The average Bonchev–Trinajstić information content (AvgIpc) is 1.51. The summed E-state index contributed by atoms with van der Waals surface area (Å²) in [6.45, 7) is 15.8. The van der Waals surface area contributed by atoms with Crippen LogP contribution in [-0.2, 0) is 20.4 Å². The fraction of sp³-hybridized carbons (Fsp3) is 0.434. The normalized spacial score (nSPS) is 14.1. The average molecular weight is 1430 g/mol. The summed E-state index contributed by atoms with van der Waals surface area (Å²) in [6.07, 6.45) is 38.1. The lowest BCUT2D eigenvalue weighted by Gasteiger charge is -2.34. The van der Waals surface area contributed by atoms with E-state index in [1.807, 2.05) is 0 Å². The number of hydrogen-bond donors (Lipinski definition) is 2. The number of aliphatic carboxylic acids is 2. The molecule has 0 radical (unpaired) electrons.